The molecule has 1 saturated carbocycles. The average molecular weight is 229 g/mol. The van der Waals surface area contributed by atoms with Crippen molar-refractivity contribution in [1.82, 2.24) is 20.2 Å². The van der Waals surface area contributed by atoms with Crippen LogP contribution in [0.1, 0.15) is 12.8 Å². The van der Waals surface area contributed by atoms with Gasteiger partial charge in [0.05, 0.1) is 0 Å². The lowest BCUT2D eigenvalue weighted by Crippen LogP contribution is -2.03. The number of hydrogen-bond donors (Lipinski definition) is 1. The zero-order valence-electron chi connectivity index (χ0n) is 9.80. The first-order chi connectivity index (χ1) is 8.33. The van der Waals surface area contributed by atoms with E-state index in [9.17, 15) is 0 Å². The smallest absolute Gasteiger partial charge is 0.181 e. The van der Waals surface area contributed by atoms with Gasteiger partial charge in [0.25, 0.3) is 0 Å². The Morgan fingerprint density at radius 1 is 1.41 bits per heavy atom. The molecule has 0 aliphatic heterocycles. The summed E-state index contributed by atoms with van der Waals surface area (Å²) in [6.07, 6.45) is 2.72. The third-order valence-corrected chi connectivity index (χ3v) is 3.03. The van der Waals surface area contributed by atoms with Gasteiger partial charge in [-0.2, -0.15) is 0 Å². The van der Waals surface area contributed by atoms with Gasteiger partial charge in [-0.25, -0.2) is 4.68 Å². The molecule has 0 amide bonds. The maximum absolute atomic E-state index is 4.01. The van der Waals surface area contributed by atoms with E-state index in [4.69, 9.17) is 0 Å². The lowest BCUT2D eigenvalue weighted by molar-refractivity contribution is 0.714. The van der Waals surface area contributed by atoms with Crippen LogP contribution in [0.25, 0.3) is 11.4 Å². The molecule has 3 rings (SSSR count). The molecule has 1 fully saturated rings. The number of nitrogens with zero attached hydrogens (tertiary/aromatic N) is 4. The molecule has 1 N–H and O–H groups in total. The fraction of sp³-hybridized carbons (Fsp3) is 0.417. The van der Waals surface area contributed by atoms with Crippen molar-refractivity contribution in [2.45, 2.75) is 12.8 Å². The van der Waals surface area contributed by atoms with Crippen molar-refractivity contribution >= 4 is 5.69 Å². The second-order valence-electron chi connectivity index (χ2n) is 4.53. The summed E-state index contributed by atoms with van der Waals surface area (Å²) in [5.41, 5.74) is 2.18. The first-order valence-electron chi connectivity index (χ1n) is 5.89. The predicted molar refractivity (Wildman–Crippen MR) is 65.4 cm³/mol. The third-order valence-electron chi connectivity index (χ3n) is 3.03. The zero-order valence-corrected chi connectivity index (χ0v) is 9.80. The molecular weight excluding hydrogens is 214 g/mol. The summed E-state index contributed by atoms with van der Waals surface area (Å²) >= 11 is 0. The maximum atomic E-state index is 4.01. The molecule has 0 saturated heterocycles. The second-order valence-corrected chi connectivity index (χ2v) is 4.53. The molecule has 1 aliphatic rings. The Labute approximate surface area is 99.8 Å². The second kappa shape index (κ2) is 4.16. The van der Waals surface area contributed by atoms with E-state index in [1.165, 1.54) is 12.8 Å². The van der Waals surface area contributed by atoms with Crippen LogP contribution in [0.4, 0.5) is 5.69 Å². The Morgan fingerprint density at radius 2 is 2.29 bits per heavy atom. The standard InChI is InChI=1S/C12H15N5/c1-17-12(14-15-16-17)10-3-2-4-11(7-10)13-8-9-5-6-9/h2-4,7,9,13H,5-6,8H2,1H3. The maximum Gasteiger partial charge on any atom is 0.181 e. The number of anilines is 1. The van der Waals surface area contributed by atoms with E-state index < -0.39 is 0 Å². The van der Waals surface area contributed by atoms with Crippen molar-refractivity contribution < 1.29 is 0 Å². The van der Waals surface area contributed by atoms with Crippen LogP contribution in [0.15, 0.2) is 24.3 Å². The summed E-state index contributed by atoms with van der Waals surface area (Å²) in [4.78, 5) is 0. The average Bonchev–Trinajstić information content (AvgIpc) is 3.08. The van der Waals surface area contributed by atoms with E-state index in [1.807, 2.05) is 19.2 Å². The minimum absolute atomic E-state index is 0.792. The Balaban J connectivity index is 1.80. The number of benzene rings is 1. The Bertz CT molecular complexity index is 515. The lowest BCUT2D eigenvalue weighted by atomic mass is 10.2. The normalized spacial score (nSPS) is 14.9. The van der Waals surface area contributed by atoms with Gasteiger partial charge >= 0.3 is 0 Å². The van der Waals surface area contributed by atoms with Crippen molar-refractivity contribution in [3.63, 3.8) is 0 Å². The molecule has 0 bridgehead atoms. The van der Waals surface area contributed by atoms with Crippen molar-refractivity contribution in [1.29, 1.82) is 0 Å². The van der Waals surface area contributed by atoms with E-state index in [1.54, 1.807) is 4.68 Å². The van der Waals surface area contributed by atoms with Gasteiger partial charge in [0.2, 0.25) is 0 Å². The number of hydrogen-bond acceptors (Lipinski definition) is 4. The van der Waals surface area contributed by atoms with Gasteiger partial charge in [-0.15, -0.1) is 5.10 Å². The summed E-state index contributed by atoms with van der Waals surface area (Å²) in [5, 5.41) is 15.0. The van der Waals surface area contributed by atoms with Gasteiger partial charge in [-0.05, 0) is 41.3 Å². The molecule has 88 valence electrons. The summed E-state index contributed by atoms with van der Waals surface area (Å²) in [6, 6.07) is 8.22. The van der Waals surface area contributed by atoms with Gasteiger partial charge in [0, 0.05) is 24.8 Å². The van der Waals surface area contributed by atoms with E-state index in [-0.39, 0.29) is 0 Å². The van der Waals surface area contributed by atoms with Crippen molar-refractivity contribution in [2.75, 3.05) is 11.9 Å². The van der Waals surface area contributed by atoms with Crippen LogP contribution in [0.3, 0.4) is 0 Å². The fourth-order valence-corrected chi connectivity index (χ4v) is 1.83. The topological polar surface area (TPSA) is 55.6 Å². The molecule has 0 spiro atoms. The van der Waals surface area contributed by atoms with Crippen LogP contribution in [-0.4, -0.2) is 26.8 Å². The van der Waals surface area contributed by atoms with Crippen LogP contribution in [0, 0.1) is 5.92 Å². The van der Waals surface area contributed by atoms with Crippen molar-refractivity contribution in [3.05, 3.63) is 24.3 Å². The highest BCUT2D eigenvalue weighted by atomic mass is 15.5. The quantitative estimate of drug-likeness (QED) is 0.867. The molecule has 0 radical (unpaired) electrons. The number of tetrazole rings is 1. The molecule has 5 nitrogen and oxygen atoms in total. The van der Waals surface area contributed by atoms with Crippen molar-refractivity contribution in [3.8, 4) is 11.4 Å². The van der Waals surface area contributed by atoms with Crippen LogP contribution in [-0.2, 0) is 7.05 Å². The van der Waals surface area contributed by atoms with Gasteiger partial charge in [-0.1, -0.05) is 12.1 Å². The number of rotatable bonds is 4. The Kier molecular flexibility index (Phi) is 2.51. The third kappa shape index (κ3) is 2.27. The summed E-state index contributed by atoms with van der Waals surface area (Å²) in [7, 11) is 1.85. The lowest BCUT2D eigenvalue weighted by Gasteiger charge is -2.06. The molecule has 2 aromatic rings. The first-order valence-corrected chi connectivity index (χ1v) is 5.89. The molecule has 5 heteroatoms. The molecule has 1 aromatic carbocycles. The zero-order chi connectivity index (χ0) is 11.7. The van der Waals surface area contributed by atoms with Crippen LogP contribution in [0.5, 0.6) is 0 Å². The highest BCUT2D eigenvalue weighted by Crippen LogP contribution is 2.29. The molecular formula is C12H15N5. The summed E-state index contributed by atoms with van der Waals surface area (Å²) < 4.78 is 1.68. The number of aromatic nitrogens is 4. The minimum atomic E-state index is 0.792. The summed E-state index contributed by atoms with van der Waals surface area (Å²) in [6.45, 7) is 1.07. The molecule has 1 aliphatic carbocycles. The van der Waals surface area contributed by atoms with E-state index >= 15 is 0 Å². The van der Waals surface area contributed by atoms with Crippen LogP contribution in [0.2, 0.25) is 0 Å². The van der Waals surface area contributed by atoms with Gasteiger partial charge < -0.3 is 5.32 Å². The molecule has 1 heterocycles. The van der Waals surface area contributed by atoms with Gasteiger partial charge in [0.1, 0.15) is 0 Å². The first kappa shape index (κ1) is 10.3. The van der Waals surface area contributed by atoms with Gasteiger partial charge in [-0.3, -0.25) is 0 Å². The van der Waals surface area contributed by atoms with Gasteiger partial charge in [0.15, 0.2) is 5.82 Å². The molecule has 0 atom stereocenters. The number of aryl methyl sites for hydroxylation is 1. The van der Waals surface area contributed by atoms with E-state index in [2.05, 4.69) is 33.0 Å². The van der Waals surface area contributed by atoms with E-state index in [0.717, 1.165) is 29.5 Å². The van der Waals surface area contributed by atoms with Crippen LogP contribution < -0.4 is 5.32 Å². The van der Waals surface area contributed by atoms with Crippen LogP contribution >= 0.6 is 0 Å². The van der Waals surface area contributed by atoms with E-state index in [0.29, 0.717) is 0 Å². The Hall–Kier alpha value is -1.91. The largest absolute Gasteiger partial charge is 0.385 e. The number of nitrogens with one attached hydrogen (secondary N) is 1. The molecule has 1 aromatic heterocycles. The highest BCUT2D eigenvalue weighted by Gasteiger charge is 2.20. The highest BCUT2D eigenvalue weighted by molar-refractivity contribution is 5.62. The fourth-order valence-electron chi connectivity index (χ4n) is 1.83. The molecule has 0 unspecified atom stereocenters. The minimum Gasteiger partial charge on any atom is -0.385 e. The molecule has 17 heavy (non-hydrogen) atoms. The predicted octanol–water partition coefficient (Wildman–Crippen LogP) is 1.70. The monoisotopic (exact) mass is 229 g/mol. The van der Waals surface area contributed by atoms with Crippen molar-refractivity contribution in [2.24, 2.45) is 13.0 Å². The summed E-state index contributed by atoms with van der Waals surface area (Å²) in [5.74, 6) is 1.66. The SMILES string of the molecule is Cn1nnnc1-c1cccc(NCC2CC2)c1. The Morgan fingerprint density at radius 3 is 3.00 bits per heavy atom.